The first-order chi connectivity index (χ1) is 13.4. The molecule has 0 bridgehead atoms. The van der Waals surface area contributed by atoms with Crippen molar-refractivity contribution in [2.75, 3.05) is 13.2 Å². The zero-order chi connectivity index (χ0) is 20.5. The summed E-state index contributed by atoms with van der Waals surface area (Å²) in [4.78, 5) is 33.6. The van der Waals surface area contributed by atoms with Crippen molar-refractivity contribution in [1.82, 2.24) is 10.9 Å². The van der Waals surface area contributed by atoms with Crippen molar-refractivity contribution in [2.45, 2.75) is 19.8 Å². The number of hydrazine groups is 1. The van der Waals surface area contributed by atoms with Crippen LogP contribution in [0.3, 0.4) is 0 Å². The Hall–Kier alpha value is -3.62. The second kappa shape index (κ2) is 9.91. The molecule has 2 N–H and O–H groups in total. The highest BCUT2D eigenvalue weighted by atomic mass is 16.6. The van der Waals surface area contributed by atoms with Gasteiger partial charge in [-0.3, -0.25) is 30.6 Å². The van der Waals surface area contributed by atoms with Crippen molar-refractivity contribution in [3.8, 4) is 11.5 Å². The van der Waals surface area contributed by atoms with Crippen LogP contribution in [0.4, 0.5) is 5.69 Å². The van der Waals surface area contributed by atoms with Crippen LogP contribution in [0.2, 0.25) is 0 Å². The summed E-state index contributed by atoms with van der Waals surface area (Å²) in [5, 5.41) is 10.6. The molecule has 0 aliphatic carbocycles. The molecule has 0 fully saturated rings. The molecule has 9 heteroatoms. The van der Waals surface area contributed by atoms with E-state index >= 15 is 0 Å². The number of hydrogen-bond acceptors (Lipinski definition) is 6. The predicted octanol–water partition coefficient (Wildman–Crippen LogP) is 2.32. The maximum absolute atomic E-state index is 11.8. The topological polar surface area (TPSA) is 120 Å². The van der Waals surface area contributed by atoms with Crippen LogP contribution in [-0.2, 0) is 9.59 Å². The number of benzene rings is 2. The maximum Gasteiger partial charge on any atom is 0.276 e. The number of carbonyl (C=O) groups is 2. The van der Waals surface area contributed by atoms with E-state index < -0.39 is 16.7 Å². The average molecular weight is 387 g/mol. The first-order valence-electron chi connectivity index (χ1n) is 8.53. The van der Waals surface area contributed by atoms with Gasteiger partial charge in [0.1, 0.15) is 11.5 Å². The summed E-state index contributed by atoms with van der Waals surface area (Å²) in [5.74, 6) is 0.0354. The molecule has 9 nitrogen and oxygen atoms in total. The van der Waals surface area contributed by atoms with Gasteiger partial charge in [0.2, 0.25) is 0 Å². The Morgan fingerprint density at radius 3 is 2.11 bits per heavy atom. The number of para-hydroxylation sites is 1. The minimum absolute atomic E-state index is 0.0805. The second-order valence-electron chi connectivity index (χ2n) is 6.12. The normalized spacial score (nSPS) is 10.2. The SMILES string of the molecule is CC(C)c1ccccc1OCC(=O)NNC(=O)COc1ccc([N+](=O)[O-])cc1. The first-order valence-corrected chi connectivity index (χ1v) is 8.53. The summed E-state index contributed by atoms with van der Waals surface area (Å²) in [6, 6.07) is 12.7. The molecule has 2 amide bonds. The molecule has 0 aromatic heterocycles. The summed E-state index contributed by atoms with van der Waals surface area (Å²) in [6.45, 7) is 3.42. The van der Waals surface area contributed by atoms with E-state index in [2.05, 4.69) is 10.9 Å². The molecule has 2 aromatic carbocycles. The van der Waals surface area contributed by atoms with Crippen molar-refractivity contribution in [1.29, 1.82) is 0 Å². The molecule has 0 spiro atoms. The Kier molecular flexibility index (Phi) is 7.32. The van der Waals surface area contributed by atoms with Crippen molar-refractivity contribution >= 4 is 17.5 Å². The summed E-state index contributed by atoms with van der Waals surface area (Å²) in [6.07, 6.45) is 0. The molecular formula is C19H21N3O6. The van der Waals surface area contributed by atoms with Crippen LogP contribution in [0.15, 0.2) is 48.5 Å². The van der Waals surface area contributed by atoms with Gasteiger partial charge in [-0.25, -0.2) is 0 Å². The molecule has 0 aliphatic heterocycles. The zero-order valence-electron chi connectivity index (χ0n) is 15.5. The maximum atomic E-state index is 11.8. The third-order valence-electron chi connectivity index (χ3n) is 3.66. The number of hydrogen-bond donors (Lipinski definition) is 2. The number of nitrogens with zero attached hydrogens (tertiary/aromatic N) is 1. The van der Waals surface area contributed by atoms with Crippen LogP contribution in [0, 0.1) is 10.1 Å². The lowest BCUT2D eigenvalue weighted by Gasteiger charge is -2.14. The monoisotopic (exact) mass is 387 g/mol. The zero-order valence-corrected chi connectivity index (χ0v) is 15.5. The molecule has 28 heavy (non-hydrogen) atoms. The lowest BCUT2D eigenvalue weighted by atomic mass is 10.0. The molecule has 148 valence electrons. The lowest BCUT2D eigenvalue weighted by molar-refractivity contribution is -0.384. The molecular weight excluding hydrogens is 366 g/mol. The summed E-state index contributed by atoms with van der Waals surface area (Å²) >= 11 is 0. The number of rotatable bonds is 8. The Balaban J connectivity index is 1.72. The van der Waals surface area contributed by atoms with Gasteiger partial charge in [0, 0.05) is 12.1 Å². The standard InChI is InChI=1S/C19H21N3O6/c1-13(2)16-5-3-4-6-17(16)28-12-19(24)21-20-18(23)11-27-15-9-7-14(8-10-15)22(25)26/h3-10,13H,11-12H2,1-2H3,(H,20,23)(H,21,24). The molecule has 2 rings (SSSR count). The minimum Gasteiger partial charge on any atom is -0.484 e. The molecule has 0 atom stereocenters. The highest BCUT2D eigenvalue weighted by Gasteiger charge is 2.11. The van der Waals surface area contributed by atoms with Gasteiger partial charge in [0.15, 0.2) is 13.2 Å². The van der Waals surface area contributed by atoms with E-state index in [9.17, 15) is 19.7 Å². The Morgan fingerprint density at radius 2 is 1.54 bits per heavy atom. The van der Waals surface area contributed by atoms with Gasteiger partial charge >= 0.3 is 0 Å². The Bertz CT molecular complexity index is 836. The van der Waals surface area contributed by atoms with Crippen molar-refractivity contribution < 1.29 is 24.0 Å². The van der Waals surface area contributed by atoms with Crippen LogP contribution < -0.4 is 20.3 Å². The average Bonchev–Trinajstić information content (AvgIpc) is 2.69. The first kappa shape index (κ1) is 20.7. The molecule has 0 unspecified atom stereocenters. The molecule has 0 saturated carbocycles. The summed E-state index contributed by atoms with van der Waals surface area (Å²) in [5.41, 5.74) is 5.33. The number of amides is 2. The molecule has 0 heterocycles. The van der Waals surface area contributed by atoms with E-state index in [1.54, 1.807) is 6.07 Å². The van der Waals surface area contributed by atoms with Crippen molar-refractivity contribution in [3.05, 3.63) is 64.2 Å². The fourth-order valence-electron chi connectivity index (χ4n) is 2.26. The van der Waals surface area contributed by atoms with E-state index in [0.717, 1.165) is 5.56 Å². The molecule has 0 aliphatic rings. The molecule has 0 saturated heterocycles. The number of nitro benzene ring substituents is 1. The third-order valence-corrected chi connectivity index (χ3v) is 3.66. The van der Waals surface area contributed by atoms with E-state index in [0.29, 0.717) is 11.5 Å². The number of non-ortho nitro benzene ring substituents is 1. The van der Waals surface area contributed by atoms with Gasteiger partial charge in [0.05, 0.1) is 4.92 Å². The smallest absolute Gasteiger partial charge is 0.276 e. The third kappa shape index (κ3) is 6.27. The van der Waals surface area contributed by atoms with Crippen molar-refractivity contribution in [3.63, 3.8) is 0 Å². The van der Waals surface area contributed by atoms with Gasteiger partial charge < -0.3 is 9.47 Å². The largest absolute Gasteiger partial charge is 0.484 e. The summed E-state index contributed by atoms with van der Waals surface area (Å²) < 4.78 is 10.7. The number of carbonyl (C=O) groups excluding carboxylic acids is 2. The van der Waals surface area contributed by atoms with E-state index in [1.165, 1.54) is 24.3 Å². The predicted molar refractivity (Wildman–Crippen MR) is 101 cm³/mol. The fraction of sp³-hybridized carbons (Fsp3) is 0.263. The number of nitro groups is 1. The molecule has 2 aromatic rings. The van der Waals surface area contributed by atoms with Crippen molar-refractivity contribution in [2.24, 2.45) is 0 Å². The van der Waals surface area contributed by atoms with Gasteiger partial charge in [-0.05, 0) is 29.7 Å². The lowest BCUT2D eigenvalue weighted by Crippen LogP contribution is -2.45. The molecule has 0 radical (unpaired) electrons. The van der Waals surface area contributed by atoms with E-state index in [1.807, 2.05) is 32.0 Å². The fourth-order valence-corrected chi connectivity index (χ4v) is 2.26. The Labute approximate surface area is 161 Å². The number of nitrogens with one attached hydrogen (secondary N) is 2. The van der Waals surface area contributed by atoms with Crippen LogP contribution in [-0.4, -0.2) is 30.0 Å². The summed E-state index contributed by atoms with van der Waals surface area (Å²) in [7, 11) is 0. The highest BCUT2D eigenvalue weighted by molar-refractivity contribution is 5.83. The van der Waals surface area contributed by atoms with E-state index in [-0.39, 0.29) is 24.8 Å². The van der Waals surface area contributed by atoms with Gasteiger partial charge in [-0.15, -0.1) is 0 Å². The van der Waals surface area contributed by atoms with Crippen LogP contribution >= 0.6 is 0 Å². The highest BCUT2D eigenvalue weighted by Crippen LogP contribution is 2.25. The van der Waals surface area contributed by atoms with Crippen LogP contribution in [0.5, 0.6) is 11.5 Å². The van der Waals surface area contributed by atoms with Gasteiger partial charge in [0.25, 0.3) is 17.5 Å². The van der Waals surface area contributed by atoms with Crippen LogP contribution in [0.25, 0.3) is 0 Å². The second-order valence-corrected chi connectivity index (χ2v) is 6.12. The Morgan fingerprint density at radius 1 is 0.964 bits per heavy atom. The van der Waals surface area contributed by atoms with Gasteiger partial charge in [-0.2, -0.15) is 0 Å². The quantitative estimate of drug-likeness (QED) is 0.530. The van der Waals surface area contributed by atoms with Crippen LogP contribution in [0.1, 0.15) is 25.3 Å². The van der Waals surface area contributed by atoms with E-state index in [4.69, 9.17) is 9.47 Å². The minimum atomic E-state index is -0.589. The number of ether oxygens (including phenoxy) is 2. The van der Waals surface area contributed by atoms with Gasteiger partial charge in [-0.1, -0.05) is 32.0 Å².